The second kappa shape index (κ2) is 4.22. The minimum Gasteiger partial charge on any atom is -0.321 e. The van der Waals surface area contributed by atoms with Gasteiger partial charge in [-0.25, -0.2) is 0 Å². The Labute approximate surface area is 93.2 Å². The van der Waals surface area contributed by atoms with Crippen molar-refractivity contribution in [3.63, 3.8) is 0 Å². The lowest BCUT2D eigenvalue weighted by atomic mass is 10.1. The molecule has 82 valence electrons. The molecule has 2 aromatic carbocycles. The predicted molar refractivity (Wildman–Crippen MR) is 65.0 cm³/mol. The Morgan fingerprint density at radius 2 is 1.69 bits per heavy atom. The molecule has 2 aromatic rings. The molecule has 0 radical (unpaired) electrons. The van der Waals surface area contributed by atoms with Crippen LogP contribution in [0.4, 0.5) is 0 Å². The third-order valence-corrected chi connectivity index (χ3v) is 2.81. The summed E-state index contributed by atoms with van der Waals surface area (Å²) in [5.74, 6) is 0.925. The van der Waals surface area contributed by atoms with Crippen LogP contribution in [-0.2, 0) is 4.57 Å². The minimum absolute atomic E-state index is 0.807. The van der Waals surface area contributed by atoms with Crippen LogP contribution in [0.3, 0.4) is 0 Å². The molecular formula is C12H11O3P. The minimum atomic E-state index is -4.09. The van der Waals surface area contributed by atoms with Crippen LogP contribution in [0.15, 0.2) is 48.3 Å². The van der Waals surface area contributed by atoms with Crippen LogP contribution in [-0.4, -0.2) is 9.79 Å². The van der Waals surface area contributed by atoms with Crippen molar-refractivity contribution < 1.29 is 14.4 Å². The van der Waals surface area contributed by atoms with Crippen molar-refractivity contribution in [3.05, 3.63) is 53.8 Å². The van der Waals surface area contributed by atoms with E-state index in [1.807, 2.05) is 42.5 Å². The fraction of sp³-hybridized carbons (Fsp3) is 0. The van der Waals surface area contributed by atoms with Gasteiger partial charge in [0, 0.05) is 5.82 Å². The fourth-order valence-corrected chi connectivity index (χ4v) is 1.93. The van der Waals surface area contributed by atoms with Crippen LogP contribution in [0.5, 0.6) is 0 Å². The molecule has 0 saturated carbocycles. The van der Waals surface area contributed by atoms with E-state index in [0.717, 1.165) is 22.2 Å². The molecule has 0 aliphatic rings. The summed E-state index contributed by atoms with van der Waals surface area (Å²) < 4.78 is 10.7. The molecule has 16 heavy (non-hydrogen) atoms. The van der Waals surface area contributed by atoms with Gasteiger partial charge in [0.2, 0.25) is 0 Å². The van der Waals surface area contributed by atoms with Crippen LogP contribution in [0.1, 0.15) is 5.56 Å². The van der Waals surface area contributed by atoms with E-state index < -0.39 is 7.60 Å². The van der Waals surface area contributed by atoms with Gasteiger partial charge in [-0.1, -0.05) is 42.5 Å². The average molecular weight is 234 g/mol. The van der Waals surface area contributed by atoms with Crippen LogP contribution < -0.4 is 0 Å². The first-order valence-corrected chi connectivity index (χ1v) is 6.47. The molecule has 0 spiro atoms. The van der Waals surface area contributed by atoms with Gasteiger partial charge in [0.25, 0.3) is 0 Å². The van der Waals surface area contributed by atoms with Crippen molar-refractivity contribution in [2.45, 2.75) is 0 Å². The SMILES string of the molecule is O=P(O)(O)C=Cc1cccc2ccccc12. The summed E-state index contributed by atoms with van der Waals surface area (Å²) >= 11 is 0. The molecule has 4 heteroatoms. The molecule has 2 rings (SSSR count). The summed E-state index contributed by atoms with van der Waals surface area (Å²) in [5, 5.41) is 2.03. The molecule has 0 heterocycles. The molecule has 0 aliphatic heterocycles. The largest absolute Gasteiger partial charge is 0.349 e. The van der Waals surface area contributed by atoms with E-state index >= 15 is 0 Å². The quantitative estimate of drug-likeness (QED) is 0.785. The average Bonchev–Trinajstić information content (AvgIpc) is 2.25. The highest BCUT2D eigenvalue weighted by atomic mass is 31.2. The van der Waals surface area contributed by atoms with Gasteiger partial charge in [0.15, 0.2) is 0 Å². The summed E-state index contributed by atoms with van der Waals surface area (Å²) in [4.78, 5) is 17.6. The Kier molecular flexibility index (Phi) is 2.92. The van der Waals surface area contributed by atoms with Gasteiger partial charge in [-0.15, -0.1) is 0 Å². The molecular weight excluding hydrogens is 223 g/mol. The van der Waals surface area contributed by atoms with Crippen LogP contribution in [0, 0.1) is 0 Å². The first kappa shape index (κ1) is 11.1. The van der Waals surface area contributed by atoms with Crippen LogP contribution in [0.2, 0.25) is 0 Å². The highest BCUT2D eigenvalue weighted by Gasteiger charge is 2.06. The van der Waals surface area contributed by atoms with Crippen molar-refractivity contribution in [3.8, 4) is 0 Å². The van der Waals surface area contributed by atoms with Crippen molar-refractivity contribution in [1.82, 2.24) is 0 Å². The van der Waals surface area contributed by atoms with Gasteiger partial charge >= 0.3 is 7.60 Å². The number of hydrogen-bond acceptors (Lipinski definition) is 1. The monoisotopic (exact) mass is 234 g/mol. The van der Waals surface area contributed by atoms with Gasteiger partial charge in [-0.05, 0) is 22.4 Å². The molecule has 0 amide bonds. The zero-order valence-electron chi connectivity index (χ0n) is 8.45. The zero-order chi connectivity index (χ0) is 11.6. The Hall–Kier alpha value is -1.41. The Bertz CT molecular complexity index is 578. The van der Waals surface area contributed by atoms with Crippen LogP contribution >= 0.6 is 7.60 Å². The summed E-state index contributed by atoms with van der Waals surface area (Å²) in [6.07, 6.45) is 1.46. The molecule has 0 unspecified atom stereocenters. The Morgan fingerprint density at radius 3 is 2.44 bits per heavy atom. The number of fused-ring (bicyclic) bond motifs is 1. The summed E-state index contributed by atoms with van der Waals surface area (Å²) in [5.41, 5.74) is 0.807. The maximum absolute atomic E-state index is 10.7. The Morgan fingerprint density at radius 1 is 1.00 bits per heavy atom. The lowest BCUT2D eigenvalue weighted by molar-refractivity contribution is 0.386. The predicted octanol–water partition coefficient (Wildman–Crippen LogP) is 2.99. The summed E-state index contributed by atoms with van der Waals surface area (Å²) in [7, 11) is -4.09. The van der Waals surface area contributed by atoms with Crippen molar-refractivity contribution >= 4 is 24.4 Å². The first-order chi connectivity index (χ1) is 7.56. The topological polar surface area (TPSA) is 57.5 Å². The number of benzene rings is 2. The maximum atomic E-state index is 10.7. The van der Waals surface area contributed by atoms with E-state index in [1.165, 1.54) is 6.08 Å². The second-order valence-corrected chi connectivity index (χ2v) is 4.95. The third-order valence-electron chi connectivity index (χ3n) is 2.27. The van der Waals surface area contributed by atoms with Gasteiger partial charge in [0.1, 0.15) is 0 Å². The molecule has 0 atom stereocenters. The van der Waals surface area contributed by atoms with E-state index in [1.54, 1.807) is 0 Å². The number of hydrogen-bond donors (Lipinski definition) is 2. The smallest absolute Gasteiger partial charge is 0.321 e. The molecule has 0 fully saturated rings. The van der Waals surface area contributed by atoms with Crippen molar-refractivity contribution in [1.29, 1.82) is 0 Å². The second-order valence-electron chi connectivity index (χ2n) is 3.47. The van der Waals surface area contributed by atoms with Crippen LogP contribution in [0.25, 0.3) is 16.8 Å². The molecule has 3 nitrogen and oxygen atoms in total. The molecule has 0 bridgehead atoms. The van der Waals surface area contributed by atoms with E-state index in [9.17, 15) is 4.57 Å². The fourth-order valence-electron chi connectivity index (χ4n) is 1.57. The van der Waals surface area contributed by atoms with E-state index in [2.05, 4.69) is 0 Å². The van der Waals surface area contributed by atoms with Crippen molar-refractivity contribution in [2.24, 2.45) is 0 Å². The molecule has 2 N–H and O–H groups in total. The third kappa shape index (κ3) is 2.58. The van der Waals surface area contributed by atoms with Gasteiger partial charge in [-0.3, -0.25) is 4.57 Å². The maximum Gasteiger partial charge on any atom is 0.349 e. The number of rotatable bonds is 2. The highest BCUT2D eigenvalue weighted by Crippen LogP contribution is 2.37. The molecule has 0 aliphatic carbocycles. The van der Waals surface area contributed by atoms with E-state index in [-0.39, 0.29) is 0 Å². The van der Waals surface area contributed by atoms with Crippen molar-refractivity contribution in [2.75, 3.05) is 0 Å². The van der Waals surface area contributed by atoms with Gasteiger partial charge in [-0.2, -0.15) is 0 Å². The lowest BCUT2D eigenvalue weighted by Gasteiger charge is -2.01. The molecule has 0 saturated heterocycles. The van der Waals surface area contributed by atoms with E-state index in [4.69, 9.17) is 9.79 Å². The highest BCUT2D eigenvalue weighted by molar-refractivity contribution is 7.55. The first-order valence-electron chi connectivity index (χ1n) is 4.78. The van der Waals surface area contributed by atoms with Gasteiger partial charge in [0.05, 0.1) is 0 Å². The standard InChI is InChI=1S/C12H11O3P/c13-16(14,15)9-8-11-6-3-5-10-4-1-2-7-12(10)11/h1-9H,(H2,13,14,15). The van der Waals surface area contributed by atoms with Gasteiger partial charge < -0.3 is 9.79 Å². The summed E-state index contributed by atoms with van der Waals surface area (Å²) in [6.45, 7) is 0. The summed E-state index contributed by atoms with van der Waals surface area (Å²) in [6, 6.07) is 13.4. The van der Waals surface area contributed by atoms with E-state index in [0.29, 0.717) is 0 Å². The molecule has 0 aromatic heterocycles. The normalized spacial score (nSPS) is 12.4. The zero-order valence-corrected chi connectivity index (χ0v) is 9.34. The Balaban J connectivity index is 2.53. The lowest BCUT2D eigenvalue weighted by Crippen LogP contribution is -1.77.